The number of methoxy groups -OCH3 is 1. The highest BCUT2D eigenvalue weighted by atomic mass is 16.5. The van der Waals surface area contributed by atoms with Crippen LogP contribution in [0.4, 0.5) is 0 Å². The summed E-state index contributed by atoms with van der Waals surface area (Å²) in [6.07, 6.45) is 0.739. The van der Waals surface area contributed by atoms with Gasteiger partial charge in [0.2, 0.25) is 0 Å². The molecule has 1 N–H and O–H groups in total. The van der Waals surface area contributed by atoms with Crippen LogP contribution in [0.25, 0.3) is 5.78 Å². The van der Waals surface area contributed by atoms with Crippen LogP contribution in [-0.4, -0.2) is 26.7 Å². The molecular formula is C9H12N4O2. The van der Waals surface area contributed by atoms with Crippen LogP contribution in [-0.2, 0) is 17.8 Å². The van der Waals surface area contributed by atoms with Crippen LogP contribution in [0, 0.1) is 0 Å². The predicted molar refractivity (Wildman–Crippen MR) is 53.7 cm³/mol. The number of nitrogens with zero attached hydrogens (tertiary/aromatic N) is 3. The predicted octanol–water partition coefficient (Wildman–Crippen LogP) is 0.126. The number of hydrogen-bond acceptors (Lipinski definition) is 4. The van der Waals surface area contributed by atoms with Crippen LogP contribution in [0.5, 0.6) is 0 Å². The van der Waals surface area contributed by atoms with E-state index in [1.807, 2.05) is 6.92 Å². The molecule has 0 bridgehead atoms. The fourth-order valence-corrected chi connectivity index (χ4v) is 1.35. The Labute approximate surface area is 85.9 Å². The van der Waals surface area contributed by atoms with Gasteiger partial charge in [0.1, 0.15) is 5.82 Å². The van der Waals surface area contributed by atoms with Crippen molar-refractivity contribution in [3.05, 3.63) is 27.9 Å². The van der Waals surface area contributed by atoms with Gasteiger partial charge in [-0.1, -0.05) is 6.92 Å². The molecular weight excluding hydrogens is 196 g/mol. The molecule has 0 fully saturated rings. The first-order valence-corrected chi connectivity index (χ1v) is 4.71. The minimum Gasteiger partial charge on any atom is -0.378 e. The zero-order valence-corrected chi connectivity index (χ0v) is 8.65. The summed E-state index contributed by atoms with van der Waals surface area (Å²) in [5.41, 5.74) is 0.427. The number of rotatable bonds is 3. The lowest BCUT2D eigenvalue weighted by Crippen LogP contribution is -2.16. The lowest BCUT2D eigenvalue weighted by atomic mass is 10.4. The second kappa shape index (κ2) is 3.82. The molecule has 6 heteroatoms. The van der Waals surface area contributed by atoms with E-state index in [2.05, 4.69) is 15.1 Å². The van der Waals surface area contributed by atoms with Gasteiger partial charge >= 0.3 is 0 Å². The number of nitrogens with one attached hydrogen (secondary N) is 1. The molecule has 15 heavy (non-hydrogen) atoms. The number of aryl methyl sites for hydroxylation is 1. The lowest BCUT2D eigenvalue weighted by Gasteiger charge is -1.97. The fourth-order valence-electron chi connectivity index (χ4n) is 1.35. The summed E-state index contributed by atoms with van der Waals surface area (Å²) in [5.74, 6) is 1.14. The molecule has 0 unspecified atom stereocenters. The molecule has 6 nitrogen and oxygen atoms in total. The van der Waals surface area contributed by atoms with E-state index >= 15 is 0 Å². The van der Waals surface area contributed by atoms with E-state index in [0.29, 0.717) is 18.1 Å². The molecule has 0 saturated heterocycles. The molecule has 0 saturated carbocycles. The molecule has 0 aromatic carbocycles. The standard InChI is InChI=1S/C9H12N4O2/c1-3-7-11-9-10-6(5-15-2)4-8(14)13(9)12-7/h4H,3,5H2,1-2H3,(H,10,11,12). The molecule has 0 aliphatic carbocycles. The van der Waals surface area contributed by atoms with Gasteiger partial charge in [0.15, 0.2) is 0 Å². The van der Waals surface area contributed by atoms with Crippen molar-refractivity contribution in [2.75, 3.05) is 7.11 Å². The second-order valence-electron chi connectivity index (χ2n) is 3.18. The molecule has 0 amide bonds. The zero-order valence-electron chi connectivity index (χ0n) is 8.65. The van der Waals surface area contributed by atoms with Gasteiger partial charge in [-0.3, -0.25) is 9.89 Å². The third-order valence-electron chi connectivity index (χ3n) is 2.06. The molecule has 2 heterocycles. The van der Waals surface area contributed by atoms with E-state index in [4.69, 9.17) is 4.74 Å². The molecule has 2 aromatic heterocycles. The van der Waals surface area contributed by atoms with Crippen LogP contribution >= 0.6 is 0 Å². The fraction of sp³-hybridized carbons (Fsp3) is 0.444. The number of aromatic amines is 1. The monoisotopic (exact) mass is 208 g/mol. The minimum absolute atomic E-state index is 0.167. The largest absolute Gasteiger partial charge is 0.378 e. The number of aromatic nitrogens is 4. The first-order valence-electron chi connectivity index (χ1n) is 4.71. The Hall–Kier alpha value is -1.69. The number of H-pyrrole nitrogens is 1. The van der Waals surface area contributed by atoms with E-state index in [0.717, 1.165) is 12.2 Å². The first-order chi connectivity index (χ1) is 7.24. The van der Waals surface area contributed by atoms with Crippen molar-refractivity contribution in [3.63, 3.8) is 0 Å². The van der Waals surface area contributed by atoms with Gasteiger partial charge in [0.05, 0.1) is 12.3 Å². The number of ether oxygens (including phenoxy) is 1. The first kappa shape index (κ1) is 9.85. The Morgan fingerprint density at radius 1 is 1.53 bits per heavy atom. The lowest BCUT2D eigenvalue weighted by molar-refractivity contribution is 0.181. The quantitative estimate of drug-likeness (QED) is 0.778. The molecule has 0 atom stereocenters. The summed E-state index contributed by atoms with van der Waals surface area (Å²) in [6.45, 7) is 2.28. The summed E-state index contributed by atoms with van der Waals surface area (Å²) in [6, 6.07) is 1.44. The van der Waals surface area contributed by atoms with E-state index in [-0.39, 0.29) is 5.56 Å². The third-order valence-corrected chi connectivity index (χ3v) is 2.06. The molecule has 80 valence electrons. The van der Waals surface area contributed by atoms with Gasteiger partial charge in [0, 0.05) is 19.6 Å². The maximum atomic E-state index is 11.6. The average Bonchev–Trinajstić information content (AvgIpc) is 2.62. The zero-order chi connectivity index (χ0) is 10.8. The molecule has 0 radical (unpaired) electrons. The van der Waals surface area contributed by atoms with Crippen molar-refractivity contribution in [3.8, 4) is 0 Å². The minimum atomic E-state index is -0.167. The topological polar surface area (TPSA) is 72.3 Å². The highest BCUT2D eigenvalue weighted by Gasteiger charge is 2.06. The SMILES string of the molecule is CCc1nc2nc(COC)cc(=O)n2[nH]1. The average molecular weight is 208 g/mol. The number of fused-ring (bicyclic) bond motifs is 1. The Morgan fingerprint density at radius 2 is 2.33 bits per heavy atom. The molecule has 2 rings (SSSR count). The van der Waals surface area contributed by atoms with E-state index in [1.54, 1.807) is 7.11 Å². The van der Waals surface area contributed by atoms with Crippen LogP contribution < -0.4 is 5.56 Å². The molecule has 2 aromatic rings. The summed E-state index contributed by atoms with van der Waals surface area (Å²) in [7, 11) is 1.56. The van der Waals surface area contributed by atoms with Gasteiger partial charge in [-0.25, -0.2) is 4.98 Å². The Kier molecular flexibility index (Phi) is 2.51. The second-order valence-corrected chi connectivity index (χ2v) is 3.18. The molecule has 0 aliphatic heterocycles. The summed E-state index contributed by atoms with van der Waals surface area (Å²) < 4.78 is 6.25. The van der Waals surface area contributed by atoms with Crippen LogP contribution in [0.15, 0.2) is 10.9 Å². The maximum absolute atomic E-state index is 11.6. The van der Waals surface area contributed by atoms with Crippen molar-refractivity contribution in [2.24, 2.45) is 0 Å². The highest BCUT2D eigenvalue weighted by Crippen LogP contribution is 1.98. The Bertz CT molecular complexity index is 528. The van der Waals surface area contributed by atoms with Crippen LogP contribution in [0.1, 0.15) is 18.4 Å². The van der Waals surface area contributed by atoms with Crippen LogP contribution in [0.2, 0.25) is 0 Å². The van der Waals surface area contributed by atoms with Crippen molar-refractivity contribution in [1.82, 2.24) is 19.6 Å². The van der Waals surface area contributed by atoms with Crippen molar-refractivity contribution < 1.29 is 4.74 Å². The van der Waals surface area contributed by atoms with E-state index in [1.165, 1.54) is 10.6 Å². The van der Waals surface area contributed by atoms with Crippen molar-refractivity contribution >= 4 is 5.78 Å². The summed E-state index contributed by atoms with van der Waals surface area (Å²) in [4.78, 5) is 20.0. The third kappa shape index (κ3) is 1.75. The smallest absolute Gasteiger partial charge is 0.274 e. The normalized spacial score (nSPS) is 11.1. The van der Waals surface area contributed by atoms with Gasteiger partial charge < -0.3 is 4.74 Å². The maximum Gasteiger partial charge on any atom is 0.274 e. The summed E-state index contributed by atoms with van der Waals surface area (Å²) >= 11 is 0. The van der Waals surface area contributed by atoms with Gasteiger partial charge in [-0.2, -0.15) is 9.50 Å². The molecule has 0 spiro atoms. The number of hydrogen-bond donors (Lipinski definition) is 1. The van der Waals surface area contributed by atoms with Gasteiger partial charge in [-0.05, 0) is 0 Å². The van der Waals surface area contributed by atoms with Crippen molar-refractivity contribution in [2.45, 2.75) is 20.0 Å². The molecule has 0 aliphatic rings. The Balaban J connectivity index is 2.60. The van der Waals surface area contributed by atoms with E-state index < -0.39 is 0 Å². The van der Waals surface area contributed by atoms with Gasteiger partial charge in [-0.15, -0.1) is 0 Å². The Morgan fingerprint density at radius 3 is 3.00 bits per heavy atom. The van der Waals surface area contributed by atoms with Gasteiger partial charge in [0.25, 0.3) is 11.3 Å². The summed E-state index contributed by atoms with van der Waals surface area (Å²) in [5, 5.41) is 2.87. The van der Waals surface area contributed by atoms with Crippen LogP contribution in [0.3, 0.4) is 0 Å². The van der Waals surface area contributed by atoms with Crippen molar-refractivity contribution in [1.29, 1.82) is 0 Å². The highest BCUT2D eigenvalue weighted by molar-refractivity contribution is 5.27. The van der Waals surface area contributed by atoms with E-state index in [9.17, 15) is 4.79 Å².